The van der Waals surface area contributed by atoms with Gasteiger partial charge in [-0.25, -0.2) is 18.1 Å². The Hall–Kier alpha value is -2.49. The summed E-state index contributed by atoms with van der Waals surface area (Å²) in [5.74, 6) is 0.722. The Balaban J connectivity index is 1.67. The molecule has 9 heteroatoms. The summed E-state index contributed by atoms with van der Waals surface area (Å²) in [6.07, 6.45) is 1.42. The van der Waals surface area contributed by atoms with Crippen molar-refractivity contribution in [2.75, 3.05) is 13.7 Å². The highest BCUT2D eigenvalue weighted by molar-refractivity contribution is 7.91. The number of aromatic nitrogens is 2. The lowest BCUT2D eigenvalue weighted by atomic mass is 10.1. The second-order valence-electron chi connectivity index (χ2n) is 5.36. The van der Waals surface area contributed by atoms with Gasteiger partial charge in [0.1, 0.15) is 9.96 Å². The lowest BCUT2D eigenvalue weighted by molar-refractivity contribution is 0.415. The Morgan fingerprint density at radius 3 is 2.62 bits per heavy atom. The third kappa shape index (κ3) is 4.18. The second kappa shape index (κ2) is 7.81. The van der Waals surface area contributed by atoms with Gasteiger partial charge < -0.3 is 4.74 Å². The molecule has 0 radical (unpaired) electrons. The molecular formula is C17H17N3O4S2. The standard InChI is InChI=1S/C17H17N3O4S2/c1-24-14-6-4-13(5-7-14)15-11-16(21)20(12-18-15)9-8-19-26(22,23)17-3-2-10-25-17/h2-7,10-12,19H,8-9H2,1H3. The van der Waals surface area contributed by atoms with Crippen molar-refractivity contribution in [3.05, 3.63) is 64.5 Å². The molecule has 2 heterocycles. The average Bonchev–Trinajstić information content (AvgIpc) is 3.19. The number of thiophene rings is 1. The van der Waals surface area contributed by atoms with Crippen molar-refractivity contribution < 1.29 is 13.2 Å². The van der Waals surface area contributed by atoms with Crippen LogP contribution in [-0.2, 0) is 16.6 Å². The van der Waals surface area contributed by atoms with Crippen LogP contribution in [-0.4, -0.2) is 31.6 Å². The molecule has 0 aliphatic rings. The van der Waals surface area contributed by atoms with E-state index in [-0.39, 0.29) is 22.9 Å². The van der Waals surface area contributed by atoms with Gasteiger partial charge in [-0.05, 0) is 35.7 Å². The molecule has 0 amide bonds. The molecule has 0 saturated heterocycles. The number of sulfonamides is 1. The van der Waals surface area contributed by atoms with Crippen molar-refractivity contribution in [3.63, 3.8) is 0 Å². The Bertz CT molecular complexity index is 1030. The number of nitrogens with one attached hydrogen (secondary N) is 1. The summed E-state index contributed by atoms with van der Waals surface area (Å²) < 4.78 is 33.3. The van der Waals surface area contributed by atoms with Crippen LogP contribution in [0.1, 0.15) is 0 Å². The molecule has 1 N–H and O–H groups in total. The fourth-order valence-electron chi connectivity index (χ4n) is 2.30. The molecule has 136 valence electrons. The number of hydrogen-bond donors (Lipinski definition) is 1. The zero-order chi connectivity index (χ0) is 18.6. The monoisotopic (exact) mass is 391 g/mol. The van der Waals surface area contributed by atoms with Gasteiger partial charge in [0, 0.05) is 24.7 Å². The Labute approximate surface area is 155 Å². The molecule has 0 aliphatic carbocycles. The molecule has 3 aromatic rings. The van der Waals surface area contributed by atoms with E-state index >= 15 is 0 Å². The van der Waals surface area contributed by atoms with Gasteiger partial charge >= 0.3 is 0 Å². The first-order valence-electron chi connectivity index (χ1n) is 7.74. The van der Waals surface area contributed by atoms with Gasteiger partial charge in [-0.1, -0.05) is 6.07 Å². The van der Waals surface area contributed by atoms with E-state index in [0.29, 0.717) is 5.69 Å². The zero-order valence-corrected chi connectivity index (χ0v) is 15.6. The van der Waals surface area contributed by atoms with E-state index in [1.807, 2.05) is 12.1 Å². The molecule has 0 saturated carbocycles. The summed E-state index contributed by atoms with van der Waals surface area (Å²) in [6, 6.07) is 11.9. The Kier molecular flexibility index (Phi) is 5.50. The first kappa shape index (κ1) is 18.3. The number of benzene rings is 1. The number of rotatable bonds is 7. The van der Waals surface area contributed by atoms with Crippen molar-refractivity contribution in [2.24, 2.45) is 0 Å². The molecule has 0 atom stereocenters. The minimum Gasteiger partial charge on any atom is -0.497 e. The Morgan fingerprint density at radius 2 is 2.00 bits per heavy atom. The third-order valence-electron chi connectivity index (χ3n) is 3.67. The minimum atomic E-state index is -3.54. The van der Waals surface area contributed by atoms with Gasteiger partial charge in [-0.15, -0.1) is 11.3 Å². The maximum atomic E-state index is 12.2. The summed E-state index contributed by atoms with van der Waals surface area (Å²) in [5.41, 5.74) is 1.10. The molecule has 2 aromatic heterocycles. The lowest BCUT2D eigenvalue weighted by Gasteiger charge is -2.08. The van der Waals surface area contributed by atoms with E-state index in [2.05, 4.69) is 9.71 Å². The highest BCUT2D eigenvalue weighted by Gasteiger charge is 2.14. The molecule has 3 rings (SSSR count). The van der Waals surface area contributed by atoms with Crippen LogP contribution in [0.15, 0.2) is 63.2 Å². The van der Waals surface area contributed by atoms with Crippen LogP contribution in [0, 0.1) is 0 Å². The van der Waals surface area contributed by atoms with Crippen LogP contribution in [0.2, 0.25) is 0 Å². The molecule has 1 aromatic carbocycles. The van der Waals surface area contributed by atoms with Crippen molar-refractivity contribution in [2.45, 2.75) is 10.8 Å². The molecule has 0 spiro atoms. The summed E-state index contributed by atoms with van der Waals surface area (Å²) >= 11 is 1.14. The fourth-order valence-corrected chi connectivity index (χ4v) is 4.36. The van der Waals surface area contributed by atoms with Crippen molar-refractivity contribution in [3.8, 4) is 17.0 Å². The van der Waals surface area contributed by atoms with Crippen molar-refractivity contribution >= 4 is 21.4 Å². The lowest BCUT2D eigenvalue weighted by Crippen LogP contribution is -2.30. The van der Waals surface area contributed by atoms with Crippen LogP contribution in [0.3, 0.4) is 0 Å². The van der Waals surface area contributed by atoms with Crippen LogP contribution in [0.4, 0.5) is 0 Å². The third-order valence-corrected chi connectivity index (χ3v) is 6.53. The molecule has 0 unspecified atom stereocenters. The highest BCUT2D eigenvalue weighted by Crippen LogP contribution is 2.19. The SMILES string of the molecule is COc1ccc(-c2cc(=O)n(CCNS(=O)(=O)c3cccs3)cn2)cc1. The van der Waals surface area contributed by atoms with E-state index < -0.39 is 10.0 Å². The van der Waals surface area contributed by atoms with Crippen LogP contribution < -0.4 is 15.0 Å². The van der Waals surface area contributed by atoms with Gasteiger partial charge in [0.2, 0.25) is 10.0 Å². The zero-order valence-electron chi connectivity index (χ0n) is 14.0. The van der Waals surface area contributed by atoms with Gasteiger partial charge in [-0.3, -0.25) is 9.36 Å². The first-order chi connectivity index (χ1) is 12.5. The maximum absolute atomic E-state index is 12.2. The predicted octanol–water partition coefficient (Wildman–Crippen LogP) is 1.96. The van der Waals surface area contributed by atoms with Crippen molar-refractivity contribution in [1.29, 1.82) is 0 Å². The molecular weight excluding hydrogens is 374 g/mol. The summed E-state index contributed by atoms with van der Waals surface area (Å²) in [5, 5.41) is 1.70. The highest BCUT2D eigenvalue weighted by atomic mass is 32.2. The average molecular weight is 391 g/mol. The quantitative estimate of drug-likeness (QED) is 0.665. The maximum Gasteiger partial charge on any atom is 0.253 e. The predicted molar refractivity (Wildman–Crippen MR) is 100.0 cm³/mol. The van der Waals surface area contributed by atoms with Crippen LogP contribution >= 0.6 is 11.3 Å². The molecule has 26 heavy (non-hydrogen) atoms. The Morgan fingerprint density at radius 1 is 1.23 bits per heavy atom. The van der Waals surface area contributed by atoms with Gasteiger partial charge in [0.05, 0.1) is 19.1 Å². The number of methoxy groups -OCH3 is 1. The normalized spacial score (nSPS) is 11.4. The minimum absolute atomic E-state index is 0.101. The first-order valence-corrected chi connectivity index (χ1v) is 10.1. The van der Waals surface area contributed by atoms with E-state index in [0.717, 1.165) is 22.6 Å². The van der Waals surface area contributed by atoms with Crippen LogP contribution in [0.5, 0.6) is 5.75 Å². The molecule has 0 aliphatic heterocycles. The summed E-state index contributed by atoms with van der Waals surface area (Å²) in [6.45, 7) is 0.295. The van der Waals surface area contributed by atoms with E-state index in [9.17, 15) is 13.2 Å². The number of ether oxygens (including phenoxy) is 1. The van der Waals surface area contributed by atoms with Gasteiger partial charge in [-0.2, -0.15) is 0 Å². The second-order valence-corrected chi connectivity index (χ2v) is 8.31. The van der Waals surface area contributed by atoms with E-state index in [4.69, 9.17) is 4.74 Å². The molecule has 0 bridgehead atoms. The van der Waals surface area contributed by atoms with Crippen LogP contribution in [0.25, 0.3) is 11.3 Å². The van der Waals surface area contributed by atoms with E-state index in [1.165, 1.54) is 23.0 Å². The number of nitrogens with zero attached hydrogens (tertiary/aromatic N) is 2. The molecule has 0 fully saturated rings. The topological polar surface area (TPSA) is 90.3 Å². The van der Waals surface area contributed by atoms with Gasteiger partial charge in [0.25, 0.3) is 5.56 Å². The fraction of sp³-hybridized carbons (Fsp3) is 0.176. The summed E-state index contributed by atoms with van der Waals surface area (Å²) in [7, 11) is -1.95. The van der Waals surface area contributed by atoms with Crippen molar-refractivity contribution in [1.82, 2.24) is 14.3 Å². The molecule has 7 nitrogen and oxygen atoms in total. The largest absolute Gasteiger partial charge is 0.497 e. The van der Waals surface area contributed by atoms with Gasteiger partial charge in [0.15, 0.2) is 0 Å². The smallest absolute Gasteiger partial charge is 0.253 e. The number of hydrogen-bond acceptors (Lipinski definition) is 6. The van der Waals surface area contributed by atoms with E-state index in [1.54, 1.807) is 30.7 Å². The summed E-state index contributed by atoms with van der Waals surface area (Å²) in [4.78, 5) is 16.5.